The number of carbonyl (C=O) groups excluding carboxylic acids is 2. The van der Waals surface area contributed by atoms with Gasteiger partial charge in [0.2, 0.25) is 5.91 Å². The van der Waals surface area contributed by atoms with E-state index in [1.807, 2.05) is 6.07 Å². The Balaban J connectivity index is 1.92. The summed E-state index contributed by atoms with van der Waals surface area (Å²) in [5.74, 6) is -1.78. The molecule has 0 saturated heterocycles. The molecule has 6 nitrogen and oxygen atoms in total. The number of rotatable bonds is 5. The lowest BCUT2D eigenvalue weighted by atomic mass is 10.1. The molecule has 0 spiro atoms. The number of halogens is 1. The molecule has 0 bridgehead atoms. The van der Waals surface area contributed by atoms with Crippen LogP contribution in [-0.4, -0.2) is 23.1 Å². The van der Waals surface area contributed by atoms with E-state index in [1.54, 1.807) is 30.3 Å². The van der Waals surface area contributed by atoms with E-state index in [4.69, 9.17) is 0 Å². The van der Waals surface area contributed by atoms with Crippen LogP contribution in [0.2, 0.25) is 0 Å². The molecule has 0 radical (unpaired) electrons. The molecule has 0 saturated carbocycles. The van der Waals surface area contributed by atoms with Gasteiger partial charge in [-0.25, -0.2) is 5.43 Å². The van der Waals surface area contributed by atoms with E-state index in [2.05, 4.69) is 31.8 Å². The van der Waals surface area contributed by atoms with Crippen LogP contribution in [0.15, 0.2) is 58.1 Å². The molecular weight excluding hydrogens is 374 g/mol. The average Bonchev–Trinajstić information content (AvgIpc) is 2.56. The molecule has 2 aromatic rings. The summed E-state index contributed by atoms with van der Waals surface area (Å²) >= 11 is 3.33. The number of anilines is 1. The fourth-order valence-electron chi connectivity index (χ4n) is 1.79. The fourth-order valence-corrected chi connectivity index (χ4v) is 2.18. The van der Waals surface area contributed by atoms with Gasteiger partial charge in [-0.05, 0) is 52.7 Å². The van der Waals surface area contributed by atoms with Crippen LogP contribution in [0.4, 0.5) is 5.69 Å². The van der Waals surface area contributed by atoms with Crippen LogP contribution in [0.3, 0.4) is 0 Å². The van der Waals surface area contributed by atoms with Gasteiger partial charge < -0.3 is 10.4 Å². The smallest absolute Gasteiger partial charge is 0.252 e. The fraction of sp³-hybridized carbons (Fsp3) is 0.118. The van der Waals surface area contributed by atoms with Crippen molar-refractivity contribution < 1.29 is 14.7 Å². The van der Waals surface area contributed by atoms with Gasteiger partial charge in [0.15, 0.2) is 0 Å². The molecule has 2 rings (SSSR count). The van der Waals surface area contributed by atoms with Crippen LogP contribution in [-0.2, 0) is 9.59 Å². The number of amides is 2. The van der Waals surface area contributed by atoms with E-state index in [1.165, 1.54) is 25.3 Å². The van der Waals surface area contributed by atoms with Crippen molar-refractivity contribution in [3.05, 3.63) is 58.6 Å². The van der Waals surface area contributed by atoms with Crippen molar-refractivity contribution in [2.24, 2.45) is 11.0 Å². The highest BCUT2D eigenvalue weighted by atomic mass is 79.9. The molecule has 1 atom stereocenters. The minimum absolute atomic E-state index is 0.103. The molecule has 3 N–H and O–H groups in total. The zero-order chi connectivity index (χ0) is 17.5. The van der Waals surface area contributed by atoms with Crippen molar-refractivity contribution >= 4 is 39.6 Å². The van der Waals surface area contributed by atoms with E-state index in [0.29, 0.717) is 11.3 Å². The summed E-state index contributed by atoms with van der Waals surface area (Å²) in [5, 5.41) is 15.8. The number of hydrazone groups is 1. The lowest BCUT2D eigenvalue weighted by Crippen LogP contribution is -2.34. The maximum Gasteiger partial charge on any atom is 0.252 e. The van der Waals surface area contributed by atoms with Gasteiger partial charge in [0.1, 0.15) is 11.7 Å². The van der Waals surface area contributed by atoms with E-state index in [-0.39, 0.29) is 5.75 Å². The van der Waals surface area contributed by atoms with Gasteiger partial charge in [-0.1, -0.05) is 24.3 Å². The number of carbonyl (C=O) groups is 2. The Morgan fingerprint density at radius 1 is 1.17 bits per heavy atom. The number of nitrogens with zero attached hydrogens (tertiary/aromatic N) is 1. The molecular formula is C17H16BrN3O3. The highest BCUT2D eigenvalue weighted by Crippen LogP contribution is 2.21. The second-order valence-corrected chi connectivity index (χ2v) is 5.87. The first-order valence-corrected chi connectivity index (χ1v) is 7.94. The average molecular weight is 390 g/mol. The van der Waals surface area contributed by atoms with Gasteiger partial charge in [-0.3, -0.25) is 9.59 Å². The molecule has 2 aromatic carbocycles. The van der Waals surface area contributed by atoms with Gasteiger partial charge >= 0.3 is 0 Å². The maximum atomic E-state index is 12.1. The summed E-state index contributed by atoms with van der Waals surface area (Å²) in [6.45, 7) is 1.49. The lowest BCUT2D eigenvalue weighted by Gasteiger charge is -2.11. The summed E-state index contributed by atoms with van der Waals surface area (Å²) in [7, 11) is 0. The molecule has 0 aromatic heterocycles. The monoisotopic (exact) mass is 389 g/mol. The normalized spacial score (nSPS) is 11.9. The van der Waals surface area contributed by atoms with Crippen LogP contribution < -0.4 is 10.7 Å². The summed E-state index contributed by atoms with van der Waals surface area (Å²) < 4.78 is 0.730. The van der Waals surface area contributed by atoms with Gasteiger partial charge in [0.05, 0.1) is 11.9 Å². The van der Waals surface area contributed by atoms with E-state index in [0.717, 1.165) is 4.47 Å². The van der Waals surface area contributed by atoms with E-state index in [9.17, 15) is 14.7 Å². The van der Waals surface area contributed by atoms with Gasteiger partial charge in [0, 0.05) is 4.47 Å². The molecule has 0 fully saturated rings. The predicted molar refractivity (Wildman–Crippen MR) is 95.8 cm³/mol. The van der Waals surface area contributed by atoms with E-state index < -0.39 is 17.7 Å². The minimum Gasteiger partial charge on any atom is -0.508 e. The third-order valence-electron chi connectivity index (χ3n) is 3.18. The third kappa shape index (κ3) is 4.92. The molecule has 0 aliphatic heterocycles. The minimum atomic E-state index is -0.918. The predicted octanol–water partition coefficient (Wildman–Crippen LogP) is 2.88. The highest BCUT2D eigenvalue weighted by molar-refractivity contribution is 9.10. The standard InChI is InChI=1S/C17H16BrN3O3/c1-11(16(23)20-15-8-3-2-7-14(15)18)17(24)21-19-10-12-5-4-6-13(22)9-12/h2-11,22H,1H3,(H,20,23)(H,21,24). The van der Waals surface area contributed by atoms with Crippen molar-refractivity contribution in [1.82, 2.24) is 5.43 Å². The molecule has 1 unspecified atom stereocenters. The lowest BCUT2D eigenvalue weighted by molar-refractivity contribution is -0.131. The number of nitrogens with one attached hydrogen (secondary N) is 2. The molecule has 0 heterocycles. The number of para-hydroxylation sites is 1. The first-order chi connectivity index (χ1) is 11.5. The van der Waals surface area contributed by atoms with Crippen molar-refractivity contribution in [2.75, 3.05) is 5.32 Å². The molecule has 2 amide bonds. The number of hydrogen-bond acceptors (Lipinski definition) is 4. The largest absolute Gasteiger partial charge is 0.508 e. The number of phenolic OH excluding ortho intramolecular Hbond substituents is 1. The van der Waals surface area contributed by atoms with Crippen molar-refractivity contribution in [3.63, 3.8) is 0 Å². The summed E-state index contributed by atoms with van der Waals surface area (Å²) in [5.41, 5.74) is 3.52. The molecule has 124 valence electrons. The number of benzene rings is 2. The first kappa shape index (κ1) is 17.7. The third-order valence-corrected chi connectivity index (χ3v) is 3.87. The van der Waals surface area contributed by atoms with Gasteiger partial charge in [-0.15, -0.1) is 0 Å². The Kier molecular flexibility index (Phi) is 6.08. The second-order valence-electron chi connectivity index (χ2n) is 5.02. The Bertz CT molecular complexity index is 777. The van der Waals surface area contributed by atoms with Gasteiger partial charge in [0.25, 0.3) is 5.91 Å². The first-order valence-electron chi connectivity index (χ1n) is 7.14. The van der Waals surface area contributed by atoms with Gasteiger partial charge in [-0.2, -0.15) is 5.10 Å². The van der Waals surface area contributed by atoms with Crippen LogP contribution in [0.25, 0.3) is 0 Å². The Morgan fingerprint density at radius 3 is 2.62 bits per heavy atom. The molecule has 0 aliphatic rings. The number of hydrogen-bond donors (Lipinski definition) is 3. The van der Waals surface area contributed by atoms with Crippen LogP contribution in [0.1, 0.15) is 12.5 Å². The topological polar surface area (TPSA) is 90.8 Å². The highest BCUT2D eigenvalue weighted by Gasteiger charge is 2.21. The van der Waals surface area contributed by atoms with E-state index >= 15 is 0 Å². The molecule has 24 heavy (non-hydrogen) atoms. The van der Waals surface area contributed by atoms with Crippen LogP contribution in [0, 0.1) is 5.92 Å². The Labute approximate surface area is 147 Å². The SMILES string of the molecule is CC(C(=O)NN=Cc1cccc(O)c1)C(=O)Nc1ccccc1Br. The van der Waals surface area contributed by atoms with Crippen molar-refractivity contribution in [3.8, 4) is 5.75 Å². The summed E-state index contributed by atoms with van der Waals surface area (Å²) in [4.78, 5) is 24.1. The Morgan fingerprint density at radius 2 is 1.92 bits per heavy atom. The van der Waals surface area contributed by atoms with Crippen molar-refractivity contribution in [2.45, 2.75) is 6.92 Å². The number of phenols is 1. The number of aromatic hydroxyl groups is 1. The van der Waals surface area contributed by atoms with Crippen LogP contribution in [0.5, 0.6) is 5.75 Å². The second kappa shape index (κ2) is 8.26. The molecule has 0 aliphatic carbocycles. The van der Waals surface area contributed by atoms with Crippen molar-refractivity contribution in [1.29, 1.82) is 0 Å². The maximum absolute atomic E-state index is 12.1. The zero-order valence-electron chi connectivity index (χ0n) is 12.9. The quantitative estimate of drug-likeness (QED) is 0.417. The van der Waals surface area contributed by atoms with Crippen LogP contribution >= 0.6 is 15.9 Å². The Hall–Kier alpha value is -2.67. The zero-order valence-corrected chi connectivity index (χ0v) is 14.4. The summed E-state index contributed by atoms with van der Waals surface area (Å²) in [6, 6.07) is 13.5. The molecule has 7 heteroatoms. The summed E-state index contributed by atoms with van der Waals surface area (Å²) in [6.07, 6.45) is 1.38.